The van der Waals surface area contributed by atoms with E-state index in [0.717, 1.165) is 11.4 Å². The summed E-state index contributed by atoms with van der Waals surface area (Å²) in [5, 5.41) is 11.5. The van der Waals surface area contributed by atoms with E-state index in [1.165, 1.54) is 6.21 Å². The minimum atomic E-state index is -0.472. The van der Waals surface area contributed by atoms with E-state index in [-0.39, 0.29) is 6.09 Å². The molecule has 22 heavy (non-hydrogen) atoms. The minimum Gasteiger partial charge on any atom is -0.444 e. The van der Waals surface area contributed by atoms with E-state index < -0.39 is 5.60 Å². The normalized spacial score (nSPS) is 16.1. The Morgan fingerprint density at radius 2 is 2.00 bits per heavy atom. The van der Waals surface area contributed by atoms with Crippen LogP contribution in [-0.4, -0.2) is 59.2 Å². The lowest BCUT2D eigenvalue weighted by molar-refractivity contribution is 0.0240. The van der Waals surface area contributed by atoms with E-state index in [1.807, 2.05) is 32.9 Å². The second kappa shape index (κ2) is 6.64. The molecule has 1 aliphatic rings. The molecule has 0 aromatic carbocycles. The van der Waals surface area contributed by atoms with E-state index in [2.05, 4.69) is 15.0 Å². The summed E-state index contributed by atoms with van der Waals surface area (Å²) in [5.74, 6) is 0.846. The van der Waals surface area contributed by atoms with Crippen LogP contribution in [0.4, 0.5) is 10.6 Å². The van der Waals surface area contributed by atoms with Crippen LogP contribution in [0.5, 0.6) is 0 Å². The maximum atomic E-state index is 12.0. The Balaban J connectivity index is 1.90. The molecule has 2 heterocycles. The van der Waals surface area contributed by atoms with Crippen molar-refractivity contribution in [2.75, 3.05) is 31.1 Å². The molecule has 0 aliphatic carbocycles. The molecule has 7 heteroatoms. The molecule has 1 saturated heterocycles. The van der Waals surface area contributed by atoms with Gasteiger partial charge in [0.1, 0.15) is 11.4 Å². The lowest BCUT2D eigenvalue weighted by atomic mass is 10.2. The van der Waals surface area contributed by atoms with Crippen molar-refractivity contribution in [1.82, 2.24) is 9.88 Å². The molecule has 1 amide bonds. The molecule has 0 saturated carbocycles. The topological polar surface area (TPSA) is 78.3 Å². The smallest absolute Gasteiger partial charge is 0.410 e. The van der Waals surface area contributed by atoms with Gasteiger partial charge < -0.3 is 19.7 Å². The van der Waals surface area contributed by atoms with E-state index in [0.29, 0.717) is 26.2 Å². The molecule has 1 aromatic heterocycles. The average Bonchev–Trinajstić information content (AvgIpc) is 2.47. The molecule has 1 N–H and O–H groups in total. The van der Waals surface area contributed by atoms with Gasteiger partial charge in [-0.3, -0.25) is 0 Å². The molecule has 0 radical (unpaired) electrons. The van der Waals surface area contributed by atoms with Crippen LogP contribution < -0.4 is 4.90 Å². The number of rotatable bonds is 2. The molecule has 1 fully saturated rings. The summed E-state index contributed by atoms with van der Waals surface area (Å²) in [5.41, 5.74) is 0.262. The van der Waals surface area contributed by atoms with Gasteiger partial charge in [-0.25, -0.2) is 9.78 Å². The summed E-state index contributed by atoms with van der Waals surface area (Å²) in [4.78, 5) is 20.2. The summed E-state index contributed by atoms with van der Waals surface area (Å²) in [6.45, 7) is 8.22. The molecule has 120 valence electrons. The van der Waals surface area contributed by atoms with Gasteiger partial charge in [-0.1, -0.05) is 5.16 Å². The number of carbonyl (C=O) groups excluding carboxylic acids is 1. The van der Waals surface area contributed by atoms with Gasteiger partial charge in [-0.2, -0.15) is 0 Å². The number of piperazine rings is 1. The summed E-state index contributed by atoms with van der Waals surface area (Å²) < 4.78 is 5.38. The zero-order valence-corrected chi connectivity index (χ0v) is 13.2. The quantitative estimate of drug-likeness (QED) is 0.513. The molecule has 2 rings (SSSR count). The van der Waals surface area contributed by atoms with Crippen molar-refractivity contribution in [2.24, 2.45) is 5.16 Å². The number of oxime groups is 1. The average molecular weight is 306 g/mol. The fraction of sp³-hybridized carbons (Fsp3) is 0.533. The maximum absolute atomic E-state index is 12.0. The van der Waals surface area contributed by atoms with E-state index >= 15 is 0 Å². The predicted molar refractivity (Wildman–Crippen MR) is 83.6 cm³/mol. The third-order valence-electron chi connectivity index (χ3n) is 3.23. The van der Waals surface area contributed by atoms with Crippen LogP contribution in [0, 0.1) is 0 Å². The number of carbonyl (C=O) groups is 1. The van der Waals surface area contributed by atoms with Gasteiger partial charge in [0.25, 0.3) is 0 Å². The van der Waals surface area contributed by atoms with Crippen molar-refractivity contribution in [1.29, 1.82) is 0 Å². The van der Waals surface area contributed by atoms with Gasteiger partial charge in [0.15, 0.2) is 0 Å². The van der Waals surface area contributed by atoms with Gasteiger partial charge in [-0.15, -0.1) is 0 Å². The van der Waals surface area contributed by atoms with Crippen molar-refractivity contribution < 1.29 is 14.7 Å². The SMILES string of the molecule is CC(C)(C)OC(=O)N1CCN(c2ccc(/C=N/O)cn2)CC1. The van der Waals surface area contributed by atoms with Gasteiger partial charge in [-0.05, 0) is 32.9 Å². The van der Waals surface area contributed by atoms with E-state index in [9.17, 15) is 4.79 Å². The number of nitrogens with zero attached hydrogens (tertiary/aromatic N) is 4. The first-order valence-electron chi connectivity index (χ1n) is 7.25. The number of hydrogen-bond acceptors (Lipinski definition) is 6. The zero-order valence-electron chi connectivity index (χ0n) is 13.2. The van der Waals surface area contributed by atoms with E-state index in [4.69, 9.17) is 9.94 Å². The number of hydrogen-bond donors (Lipinski definition) is 1. The summed E-state index contributed by atoms with van der Waals surface area (Å²) >= 11 is 0. The Hall–Kier alpha value is -2.31. The Kier molecular flexibility index (Phi) is 4.85. The highest BCUT2D eigenvalue weighted by Gasteiger charge is 2.26. The molecule has 1 aromatic rings. The van der Waals surface area contributed by atoms with Gasteiger partial charge in [0, 0.05) is 37.9 Å². The van der Waals surface area contributed by atoms with Crippen molar-refractivity contribution in [3.05, 3.63) is 23.9 Å². The fourth-order valence-corrected chi connectivity index (χ4v) is 2.17. The lowest BCUT2D eigenvalue weighted by Crippen LogP contribution is -2.50. The van der Waals surface area contributed by atoms with Crippen molar-refractivity contribution in [3.8, 4) is 0 Å². The summed E-state index contributed by atoms with van der Waals surface area (Å²) in [6.07, 6.45) is 2.71. The van der Waals surface area contributed by atoms with E-state index in [1.54, 1.807) is 11.1 Å². The maximum Gasteiger partial charge on any atom is 0.410 e. The molecule has 7 nitrogen and oxygen atoms in total. The molecule has 0 atom stereocenters. The lowest BCUT2D eigenvalue weighted by Gasteiger charge is -2.36. The van der Waals surface area contributed by atoms with Crippen LogP contribution in [0.25, 0.3) is 0 Å². The Labute approximate surface area is 130 Å². The van der Waals surface area contributed by atoms with Crippen LogP contribution in [0.2, 0.25) is 0 Å². The highest BCUT2D eigenvalue weighted by molar-refractivity contribution is 5.78. The van der Waals surface area contributed by atoms with Crippen LogP contribution in [-0.2, 0) is 4.74 Å². The highest BCUT2D eigenvalue weighted by Crippen LogP contribution is 2.16. The van der Waals surface area contributed by atoms with Crippen molar-refractivity contribution in [3.63, 3.8) is 0 Å². The molecular weight excluding hydrogens is 284 g/mol. The molecular formula is C15H22N4O3. The number of ether oxygens (including phenoxy) is 1. The number of anilines is 1. The number of aromatic nitrogens is 1. The number of pyridine rings is 1. The van der Waals surface area contributed by atoms with Crippen LogP contribution in [0.1, 0.15) is 26.3 Å². The first kappa shape index (κ1) is 16.1. The summed E-state index contributed by atoms with van der Waals surface area (Å²) in [6, 6.07) is 3.71. The largest absolute Gasteiger partial charge is 0.444 e. The van der Waals surface area contributed by atoms with Gasteiger partial charge in [0.05, 0.1) is 6.21 Å². The third-order valence-corrected chi connectivity index (χ3v) is 3.23. The highest BCUT2D eigenvalue weighted by atomic mass is 16.6. The van der Waals surface area contributed by atoms with Gasteiger partial charge >= 0.3 is 6.09 Å². The fourth-order valence-electron chi connectivity index (χ4n) is 2.17. The minimum absolute atomic E-state index is 0.269. The predicted octanol–water partition coefficient (Wildman–Crippen LogP) is 1.95. The van der Waals surface area contributed by atoms with Gasteiger partial charge in [0.2, 0.25) is 0 Å². The molecule has 0 unspecified atom stereocenters. The van der Waals surface area contributed by atoms with Crippen molar-refractivity contribution in [2.45, 2.75) is 26.4 Å². The second-order valence-electron chi connectivity index (χ2n) is 6.15. The van der Waals surface area contributed by atoms with Crippen LogP contribution in [0.15, 0.2) is 23.5 Å². The molecule has 0 spiro atoms. The van der Waals surface area contributed by atoms with Crippen LogP contribution >= 0.6 is 0 Å². The van der Waals surface area contributed by atoms with Crippen LogP contribution in [0.3, 0.4) is 0 Å². The summed E-state index contributed by atoms with van der Waals surface area (Å²) in [7, 11) is 0. The molecule has 0 bridgehead atoms. The Morgan fingerprint density at radius 1 is 1.32 bits per heavy atom. The zero-order chi connectivity index (χ0) is 16.2. The monoisotopic (exact) mass is 306 g/mol. The Morgan fingerprint density at radius 3 is 2.50 bits per heavy atom. The van der Waals surface area contributed by atoms with Crippen molar-refractivity contribution >= 4 is 18.1 Å². The molecule has 1 aliphatic heterocycles. The standard InChI is InChI=1S/C15H22N4O3/c1-15(2,3)22-14(20)19-8-6-18(7-9-19)13-5-4-12(10-16-13)11-17-21/h4-5,10-11,21H,6-9H2,1-3H3/b17-11+. The Bertz CT molecular complexity index is 529. The third kappa shape index (κ3) is 4.34. The first-order valence-corrected chi connectivity index (χ1v) is 7.25. The first-order chi connectivity index (χ1) is 10.4. The second-order valence-corrected chi connectivity index (χ2v) is 6.15. The number of amides is 1.